The van der Waals surface area contributed by atoms with Crippen molar-refractivity contribution in [1.82, 2.24) is 0 Å². The molecular weight excluding hydrogens is 304 g/mol. The third kappa shape index (κ3) is 4.12. The lowest BCUT2D eigenvalue weighted by Crippen LogP contribution is -2.16. The van der Waals surface area contributed by atoms with Crippen molar-refractivity contribution in [2.75, 3.05) is 18.5 Å². The molecule has 1 atom stereocenters. The number of hydrogen-bond acceptors (Lipinski definition) is 4. The molecule has 0 aromatic heterocycles. The first kappa shape index (κ1) is 16.0. The van der Waals surface area contributed by atoms with Crippen LogP contribution in [-0.4, -0.2) is 25.2 Å². The molecule has 1 unspecified atom stereocenters. The Labute approximate surface area is 140 Å². The van der Waals surface area contributed by atoms with E-state index in [4.69, 9.17) is 14.7 Å². The molecule has 1 saturated heterocycles. The first-order valence-corrected chi connectivity index (χ1v) is 7.90. The number of nitriles is 1. The van der Waals surface area contributed by atoms with E-state index in [1.54, 1.807) is 36.4 Å². The van der Waals surface area contributed by atoms with E-state index in [0.717, 1.165) is 19.4 Å². The number of benzene rings is 2. The summed E-state index contributed by atoms with van der Waals surface area (Å²) in [6, 6.07) is 15.9. The SMILES string of the molecule is N#Cc1cccc(C(=O)Nc2cccc(OCC3CCCO3)c2)c1. The zero-order valence-electron chi connectivity index (χ0n) is 13.2. The van der Waals surface area contributed by atoms with Crippen LogP contribution in [0.15, 0.2) is 48.5 Å². The van der Waals surface area contributed by atoms with Crippen molar-refractivity contribution in [1.29, 1.82) is 5.26 Å². The Morgan fingerprint density at radius 1 is 1.29 bits per heavy atom. The van der Waals surface area contributed by atoms with Crippen LogP contribution in [0.4, 0.5) is 5.69 Å². The number of amides is 1. The van der Waals surface area contributed by atoms with E-state index in [9.17, 15) is 4.79 Å². The van der Waals surface area contributed by atoms with E-state index in [0.29, 0.717) is 29.2 Å². The van der Waals surface area contributed by atoms with Gasteiger partial charge in [-0.3, -0.25) is 4.79 Å². The fraction of sp³-hybridized carbons (Fsp3) is 0.263. The second-order valence-corrected chi connectivity index (χ2v) is 5.62. The van der Waals surface area contributed by atoms with Crippen LogP contribution in [0.5, 0.6) is 5.75 Å². The maximum Gasteiger partial charge on any atom is 0.255 e. The molecule has 0 aliphatic carbocycles. The van der Waals surface area contributed by atoms with Gasteiger partial charge in [-0.2, -0.15) is 5.26 Å². The molecule has 0 saturated carbocycles. The molecule has 2 aromatic rings. The summed E-state index contributed by atoms with van der Waals surface area (Å²) in [6.45, 7) is 1.31. The highest BCUT2D eigenvalue weighted by Gasteiger charge is 2.16. The van der Waals surface area contributed by atoms with Crippen LogP contribution in [0.3, 0.4) is 0 Å². The van der Waals surface area contributed by atoms with Crippen LogP contribution in [0.25, 0.3) is 0 Å². The Kier molecular flexibility index (Phi) is 5.09. The Morgan fingerprint density at radius 3 is 2.96 bits per heavy atom. The molecule has 0 bridgehead atoms. The number of nitrogens with zero attached hydrogens (tertiary/aromatic N) is 1. The minimum atomic E-state index is -0.261. The molecule has 1 amide bonds. The lowest BCUT2D eigenvalue weighted by molar-refractivity contribution is 0.0680. The number of carbonyl (C=O) groups is 1. The summed E-state index contributed by atoms with van der Waals surface area (Å²) < 4.78 is 11.3. The molecule has 1 fully saturated rings. The quantitative estimate of drug-likeness (QED) is 0.916. The van der Waals surface area contributed by atoms with E-state index >= 15 is 0 Å². The van der Waals surface area contributed by atoms with E-state index < -0.39 is 0 Å². The fourth-order valence-electron chi connectivity index (χ4n) is 2.56. The van der Waals surface area contributed by atoms with Gasteiger partial charge in [-0.1, -0.05) is 12.1 Å². The van der Waals surface area contributed by atoms with Crippen LogP contribution in [-0.2, 0) is 4.74 Å². The molecule has 1 heterocycles. The molecule has 3 rings (SSSR count). The smallest absolute Gasteiger partial charge is 0.255 e. The van der Waals surface area contributed by atoms with Crippen molar-refractivity contribution >= 4 is 11.6 Å². The Morgan fingerprint density at radius 2 is 2.17 bits per heavy atom. The average molecular weight is 322 g/mol. The van der Waals surface area contributed by atoms with Crippen molar-refractivity contribution in [3.8, 4) is 11.8 Å². The van der Waals surface area contributed by atoms with Gasteiger partial charge in [0.1, 0.15) is 12.4 Å². The normalized spacial score (nSPS) is 16.4. The van der Waals surface area contributed by atoms with Crippen LogP contribution < -0.4 is 10.1 Å². The molecule has 122 valence electrons. The van der Waals surface area contributed by atoms with Gasteiger partial charge in [0.15, 0.2) is 0 Å². The minimum absolute atomic E-state index is 0.150. The highest BCUT2D eigenvalue weighted by atomic mass is 16.5. The van der Waals surface area contributed by atoms with Crippen LogP contribution in [0.2, 0.25) is 0 Å². The van der Waals surface area contributed by atoms with Crippen molar-refractivity contribution in [3.63, 3.8) is 0 Å². The van der Waals surface area contributed by atoms with Gasteiger partial charge in [0.05, 0.1) is 17.7 Å². The van der Waals surface area contributed by atoms with Crippen LogP contribution in [0.1, 0.15) is 28.8 Å². The standard InChI is InChI=1S/C19H18N2O3/c20-12-14-4-1-5-15(10-14)19(22)21-16-6-2-7-17(11-16)24-13-18-8-3-9-23-18/h1-2,4-7,10-11,18H,3,8-9,13H2,(H,21,22). The summed E-state index contributed by atoms with van der Waals surface area (Å²) in [5.74, 6) is 0.428. The summed E-state index contributed by atoms with van der Waals surface area (Å²) in [5, 5.41) is 11.7. The predicted octanol–water partition coefficient (Wildman–Crippen LogP) is 3.37. The monoisotopic (exact) mass is 322 g/mol. The van der Waals surface area contributed by atoms with Crippen LogP contribution >= 0.6 is 0 Å². The third-order valence-corrected chi connectivity index (χ3v) is 3.81. The summed E-state index contributed by atoms with van der Waals surface area (Å²) in [7, 11) is 0. The van der Waals surface area contributed by atoms with E-state index in [2.05, 4.69) is 5.32 Å². The lowest BCUT2D eigenvalue weighted by Gasteiger charge is -2.12. The maximum atomic E-state index is 12.3. The Balaban J connectivity index is 1.63. The summed E-state index contributed by atoms with van der Waals surface area (Å²) in [5.41, 5.74) is 1.54. The highest BCUT2D eigenvalue weighted by Crippen LogP contribution is 2.20. The highest BCUT2D eigenvalue weighted by molar-refractivity contribution is 6.04. The topological polar surface area (TPSA) is 71.4 Å². The third-order valence-electron chi connectivity index (χ3n) is 3.81. The van der Waals surface area contributed by atoms with E-state index in [1.807, 2.05) is 18.2 Å². The van der Waals surface area contributed by atoms with Gasteiger partial charge in [0.2, 0.25) is 0 Å². The number of hydrogen-bond donors (Lipinski definition) is 1. The number of rotatable bonds is 5. The molecule has 24 heavy (non-hydrogen) atoms. The largest absolute Gasteiger partial charge is 0.491 e. The van der Waals surface area contributed by atoms with Gasteiger partial charge < -0.3 is 14.8 Å². The Bertz CT molecular complexity index is 761. The average Bonchev–Trinajstić information content (AvgIpc) is 3.14. The first-order chi connectivity index (χ1) is 11.7. The van der Waals surface area contributed by atoms with Gasteiger partial charge in [0.25, 0.3) is 5.91 Å². The fourth-order valence-corrected chi connectivity index (χ4v) is 2.56. The van der Waals surface area contributed by atoms with Crippen LogP contribution in [0, 0.1) is 11.3 Å². The zero-order chi connectivity index (χ0) is 16.8. The second-order valence-electron chi connectivity index (χ2n) is 5.62. The Hall–Kier alpha value is -2.84. The number of nitrogens with one attached hydrogen (secondary N) is 1. The summed E-state index contributed by atoms with van der Waals surface area (Å²) in [6.07, 6.45) is 2.24. The van der Waals surface area contributed by atoms with E-state index in [1.165, 1.54) is 0 Å². The first-order valence-electron chi connectivity index (χ1n) is 7.90. The van der Waals surface area contributed by atoms with Crippen molar-refractivity contribution in [2.45, 2.75) is 18.9 Å². The van der Waals surface area contributed by atoms with Gasteiger partial charge >= 0.3 is 0 Å². The maximum absolute atomic E-state index is 12.3. The molecule has 1 N–H and O–H groups in total. The molecule has 2 aromatic carbocycles. The predicted molar refractivity (Wildman–Crippen MR) is 90.0 cm³/mol. The number of ether oxygens (including phenoxy) is 2. The van der Waals surface area contributed by atoms with Gasteiger partial charge in [0, 0.05) is 23.9 Å². The van der Waals surface area contributed by atoms with Gasteiger partial charge in [-0.15, -0.1) is 0 Å². The molecule has 5 nitrogen and oxygen atoms in total. The van der Waals surface area contributed by atoms with Crippen molar-refractivity contribution in [3.05, 3.63) is 59.7 Å². The van der Waals surface area contributed by atoms with Crippen molar-refractivity contribution < 1.29 is 14.3 Å². The summed E-state index contributed by atoms with van der Waals surface area (Å²) >= 11 is 0. The molecule has 0 spiro atoms. The molecule has 5 heteroatoms. The number of carbonyl (C=O) groups excluding carboxylic acids is 1. The molecule has 0 radical (unpaired) electrons. The zero-order valence-corrected chi connectivity index (χ0v) is 13.2. The second kappa shape index (κ2) is 7.62. The summed E-state index contributed by atoms with van der Waals surface area (Å²) in [4.78, 5) is 12.3. The molecule has 1 aliphatic heterocycles. The molecule has 1 aliphatic rings. The minimum Gasteiger partial charge on any atom is -0.491 e. The van der Waals surface area contributed by atoms with Crippen molar-refractivity contribution in [2.24, 2.45) is 0 Å². The molecular formula is C19H18N2O3. The lowest BCUT2D eigenvalue weighted by atomic mass is 10.1. The van der Waals surface area contributed by atoms with E-state index in [-0.39, 0.29) is 12.0 Å². The van der Waals surface area contributed by atoms with Gasteiger partial charge in [-0.05, 0) is 43.2 Å². The number of anilines is 1. The van der Waals surface area contributed by atoms with Gasteiger partial charge in [-0.25, -0.2) is 0 Å².